The monoisotopic (exact) mass is 404 g/mol. The topological polar surface area (TPSA) is 68.2 Å². The summed E-state index contributed by atoms with van der Waals surface area (Å²) in [6, 6.07) is 3.50. The van der Waals surface area contributed by atoms with E-state index in [0.29, 0.717) is 17.1 Å². The maximum atomic E-state index is 12.6. The van der Waals surface area contributed by atoms with Gasteiger partial charge in [-0.15, -0.1) is 0 Å². The first kappa shape index (κ1) is 16.3. The van der Waals surface area contributed by atoms with Crippen molar-refractivity contribution in [3.05, 3.63) is 34.3 Å². The summed E-state index contributed by atoms with van der Waals surface area (Å²) in [6.07, 6.45) is 6.51. The van der Waals surface area contributed by atoms with Crippen LogP contribution in [0.1, 0.15) is 12.0 Å². The van der Waals surface area contributed by atoms with Gasteiger partial charge in [0, 0.05) is 11.6 Å². The number of rotatable bonds is 4. The number of benzene rings is 1. The number of carbonyl (C=O) groups is 2. The number of hydrogen-bond donors (Lipinski definition) is 0. The summed E-state index contributed by atoms with van der Waals surface area (Å²) in [5.41, 5.74) is 0.647. The van der Waals surface area contributed by atoms with Crippen LogP contribution >= 0.6 is 15.9 Å². The Morgan fingerprint density at radius 3 is 2.24 bits per heavy atom. The van der Waals surface area contributed by atoms with Crippen LogP contribution < -0.4 is 9.47 Å². The number of methoxy groups -OCH3 is 2. The Labute approximate surface area is 153 Å². The maximum Gasteiger partial charge on any atom is 0.254 e. The third kappa shape index (κ3) is 2.40. The van der Waals surface area contributed by atoms with Crippen LogP contribution in [0.2, 0.25) is 0 Å². The number of nitrogens with zero attached hydrogens (tertiary/aromatic N) is 2. The summed E-state index contributed by atoms with van der Waals surface area (Å²) in [6.45, 7) is 0. The minimum absolute atomic E-state index is 0.177. The summed E-state index contributed by atoms with van der Waals surface area (Å²) in [5.74, 6) is 0.634. The quantitative estimate of drug-likeness (QED) is 0.439. The van der Waals surface area contributed by atoms with Crippen LogP contribution in [0.5, 0.6) is 11.5 Å². The van der Waals surface area contributed by atoms with Gasteiger partial charge in [0.05, 0.1) is 36.7 Å². The van der Waals surface area contributed by atoms with E-state index in [2.05, 4.69) is 33.2 Å². The molecule has 2 fully saturated rings. The minimum atomic E-state index is -0.246. The Balaban J connectivity index is 1.62. The van der Waals surface area contributed by atoms with Gasteiger partial charge in [-0.2, -0.15) is 10.1 Å². The summed E-state index contributed by atoms with van der Waals surface area (Å²) in [4.78, 5) is 25.3. The first-order valence-corrected chi connectivity index (χ1v) is 8.86. The first-order chi connectivity index (χ1) is 12.0. The summed E-state index contributed by atoms with van der Waals surface area (Å²) in [5, 5.41) is 5.21. The summed E-state index contributed by atoms with van der Waals surface area (Å²) >= 11 is 3.41. The number of hydrazone groups is 1. The highest BCUT2D eigenvalue weighted by Crippen LogP contribution is 2.52. The van der Waals surface area contributed by atoms with Crippen molar-refractivity contribution in [3.8, 4) is 11.5 Å². The number of ether oxygens (including phenoxy) is 2. The Bertz CT molecular complexity index is 790. The number of halogens is 1. The fraction of sp³-hybridized carbons (Fsp3) is 0.389. The molecule has 1 saturated carbocycles. The second-order valence-electron chi connectivity index (χ2n) is 6.46. The molecule has 4 rings (SSSR count). The van der Waals surface area contributed by atoms with Crippen LogP contribution in [0.25, 0.3) is 0 Å². The van der Waals surface area contributed by atoms with Gasteiger partial charge in [-0.3, -0.25) is 9.59 Å². The first-order valence-electron chi connectivity index (χ1n) is 8.06. The Morgan fingerprint density at radius 2 is 1.68 bits per heavy atom. The molecule has 25 heavy (non-hydrogen) atoms. The number of allylic oxidation sites excluding steroid dienone is 2. The van der Waals surface area contributed by atoms with E-state index in [1.807, 2.05) is 0 Å². The summed E-state index contributed by atoms with van der Waals surface area (Å²) in [7, 11) is 3.11. The fourth-order valence-corrected chi connectivity index (χ4v) is 4.63. The lowest BCUT2D eigenvalue weighted by atomic mass is 9.85. The van der Waals surface area contributed by atoms with Gasteiger partial charge in [0.25, 0.3) is 11.8 Å². The lowest BCUT2D eigenvalue weighted by Gasteiger charge is -2.13. The molecule has 3 aliphatic rings. The van der Waals surface area contributed by atoms with Gasteiger partial charge >= 0.3 is 0 Å². The van der Waals surface area contributed by atoms with E-state index in [9.17, 15) is 9.59 Å². The van der Waals surface area contributed by atoms with E-state index in [1.165, 1.54) is 6.21 Å². The highest BCUT2D eigenvalue weighted by molar-refractivity contribution is 9.10. The van der Waals surface area contributed by atoms with Crippen molar-refractivity contribution in [2.75, 3.05) is 14.2 Å². The van der Waals surface area contributed by atoms with E-state index in [0.717, 1.165) is 15.9 Å². The van der Waals surface area contributed by atoms with Crippen molar-refractivity contribution in [1.29, 1.82) is 0 Å². The standard InChI is InChI=1S/C18H17BrN2O4/c1-24-13-7-14(25-2)12(19)6-11(13)8-20-21-17(22)15-9-3-4-10(5-9)16(15)18(21)23/h3-4,6-10,15-16H,5H2,1-2H3/b20-8-/t9-,10-,15+,16+/m0/s1. The Kier molecular flexibility index (Phi) is 3.91. The fourth-order valence-electron chi connectivity index (χ4n) is 4.10. The van der Waals surface area contributed by atoms with Gasteiger partial charge in [-0.25, -0.2) is 0 Å². The molecule has 1 aliphatic heterocycles. The molecule has 6 nitrogen and oxygen atoms in total. The largest absolute Gasteiger partial charge is 0.496 e. The number of fused-ring (bicyclic) bond motifs is 5. The Hall–Kier alpha value is -2.15. The molecule has 1 aromatic rings. The average Bonchev–Trinajstić information content (AvgIpc) is 3.28. The van der Waals surface area contributed by atoms with Crippen molar-refractivity contribution in [3.63, 3.8) is 0 Å². The molecule has 0 unspecified atom stereocenters. The van der Waals surface area contributed by atoms with Gasteiger partial charge in [0.15, 0.2) is 0 Å². The van der Waals surface area contributed by atoms with Crippen LogP contribution in [0.4, 0.5) is 0 Å². The van der Waals surface area contributed by atoms with Crippen molar-refractivity contribution < 1.29 is 19.1 Å². The number of carbonyl (C=O) groups excluding carboxylic acids is 2. The van der Waals surface area contributed by atoms with Crippen molar-refractivity contribution in [2.24, 2.45) is 28.8 Å². The normalized spacial score (nSPS) is 29.8. The lowest BCUT2D eigenvalue weighted by Crippen LogP contribution is -2.28. The molecule has 1 saturated heterocycles. The second kappa shape index (κ2) is 5.98. The molecule has 2 aliphatic carbocycles. The zero-order valence-corrected chi connectivity index (χ0v) is 15.4. The smallest absolute Gasteiger partial charge is 0.254 e. The van der Waals surface area contributed by atoms with Gasteiger partial charge in [0.1, 0.15) is 11.5 Å². The third-order valence-electron chi connectivity index (χ3n) is 5.26. The number of imide groups is 1. The van der Waals surface area contributed by atoms with Crippen LogP contribution in [-0.4, -0.2) is 37.3 Å². The van der Waals surface area contributed by atoms with E-state index < -0.39 is 0 Å². The lowest BCUT2D eigenvalue weighted by molar-refractivity contribution is -0.140. The molecular weight excluding hydrogens is 388 g/mol. The molecule has 0 radical (unpaired) electrons. The predicted molar refractivity (Wildman–Crippen MR) is 94.4 cm³/mol. The zero-order valence-electron chi connectivity index (χ0n) is 13.8. The number of amides is 2. The van der Waals surface area contributed by atoms with Gasteiger partial charge < -0.3 is 9.47 Å². The van der Waals surface area contributed by atoms with Crippen molar-refractivity contribution >= 4 is 34.0 Å². The van der Waals surface area contributed by atoms with E-state index in [1.54, 1.807) is 26.4 Å². The number of hydrogen-bond acceptors (Lipinski definition) is 5. The van der Waals surface area contributed by atoms with Gasteiger partial charge in [-0.05, 0) is 40.3 Å². The van der Waals surface area contributed by atoms with E-state index in [-0.39, 0.29) is 35.5 Å². The van der Waals surface area contributed by atoms with E-state index in [4.69, 9.17) is 9.47 Å². The Morgan fingerprint density at radius 1 is 1.08 bits per heavy atom. The SMILES string of the molecule is COc1cc(OC)c(/C=N\N2C(=O)[C@H]3[C@H](C2=O)[C@H]2C=C[C@H]3C2)cc1Br. The van der Waals surface area contributed by atoms with Gasteiger partial charge in [-0.1, -0.05) is 12.2 Å². The highest BCUT2D eigenvalue weighted by Gasteiger charge is 2.59. The molecule has 2 amide bonds. The summed E-state index contributed by atoms with van der Waals surface area (Å²) < 4.78 is 11.3. The maximum absolute atomic E-state index is 12.6. The second-order valence-corrected chi connectivity index (χ2v) is 7.32. The highest BCUT2D eigenvalue weighted by atomic mass is 79.9. The molecule has 0 aromatic heterocycles. The molecule has 0 N–H and O–H groups in total. The van der Waals surface area contributed by atoms with Crippen LogP contribution in [-0.2, 0) is 9.59 Å². The van der Waals surface area contributed by atoms with Crippen LogP contribution in [0, 0.1) is 23.7 Å². The molecule has 4 atom stereocenters. The molecular formula is C18H17BrN2O4. The molecule has 2 bridgehead atoms. The van der Waals surface area contributed by atoms with Crippen molar-refractivity contribution in [1.82, 2.24) is 5.01 Å². The van der Waals surface area contributed by atoms with Crippen LogP contribution in [0.3, 0.4) is 0 Å². The molecule has 0 spiro atoms. The van der Waals surface area contributed by atoms with E-state index >= 15 is 0 Å². The predicted octanol–water partition coefficient (Wildman–Crippen LogP) is 2.61. The third-order valence-corrected chi connectivity index (χ3v) is 5.88. The van der Waals surface area contributed by atoms with Crippen LogP contribution in [0.15, 0.2) is 33.9 Å². The molecule has 130 valence electrons. The minimum Gasteiger partial charge on any atom is -0.496 e. The zero-order chi connectivity index (χ0) is 17.7. The van der Waals surface area contributed by atoms with Gasteiger partial charge in [0.2, 0.25) is 0 Å². The molecule has 7 heteroatoms. The molecule has 1 heterocycles. The average molecular weight is 405 g/mol. The van der Waals surface area contributed by atoms with Crippen molar-refractivity contribution in [2.45, 2.75) is 6.42 Å². The molecule has 1 aromatic carbocycles.